The molecule has 5 aromatic rings. The molecule has 0 amide bonds. The van der Waals surface area contributed by atoms with Crippen LogP contribution in [0.4, 0.5) is 0 Å². The number of carbonyl (C=O) groups excluding carboxylic acids is 1. The molecule has 0 radical (unpaired) electrons. The minimum atomic E-state index is -0.674. The molecule has 218 valence electrons. The Bertz CT molecular complexity index is 2090. The topological polar surface area (TPSA) is 93.7 Å². The largest absolute Gasteiger partial charge is 0.488 e. The van der Waals surface area contributed by atoms with E-state index >= 15 is 0 Å². The quantitative estimate of drug-likeness (QED) is 0.182. The van der Waals surface area contributed by atoms with Crippen LogP contribution in [-0.4, -0.2) is 17.1 Å². The molecule has 0 saturated carbocycles. The van der Waals surface area contributed by atoms with Crippen molar-refractivity contribution < 1.29 is 14.3 Å². The van der Waals surface area contributed by atoms with Crippen LogP contribution in [0.25, 0.3) is 11.8 Å². The van der Waals surface area contributed by atoms with Gasteiger partial charge in [-0.3, -0.25) is 9.36 Å². The Hall–Kier alpha value is -4.56. The van der Waals surface area contributed by atoms with Crippen LogP contribution < -0.4 is 19.6 Å². The third-order valence-corrected chi connectivity index (χ3v) is 9.44. The molecular weight excluding hydrogens is 658 g/mol. The first-order chi connectivity index (χ1) is 21.5. The highest BCUT2D eigenvalue weighted by atomic mass is 79.9. The van der Waals surface area contributed by atoms with E-state index in [4.69, 9.17) is 19.7 Å². The van der Waals surface area contributed by atoms with Crippen molar-refractivity contribution in [3.05, 3.63) is 147 Å². The minimum Gasteiger partial charge on any atom is -0.488 e. The fraction of sp³-hybridized carbons (Fsp3) is 0.118. The average molecular weight is 683 g/mol. The van der Waals surface area contributed by atoms with E-state index in [0.29, 0.717) is 38.5 Å². The number of aromatic nitrogens is 1. The summed E-state index contributed by atoms with van der Waals surface area (Å²) >= 11 is 6.35. The molecule has 0 bridgehead atoms. The normalized spacial score (nSPS) is 14.5. The summed E-state index contributed by atoms with van der Waals surface area (Å²) < 4.78 is 14.3. The Morgan fingerprint density at radius 3 is 2.57 bits per heavy atom. The van der Waals surface area contributed by atoms with Crippen molar-refractivity contribution in [3.8, 4) is 11.8 Å². The number of ether oxygens (including phenoxy) is 2. The van der Waals surface area contributed by atoms with Gasteiger partial charge in [0.05, 0.1) is 38.5 Å². The van der Waals surface area contributed by atoms with Gasteiger partial charge in [-0.1, -0.05) is 65.9 Å². The minimum absolute atomic E-state index is 0.202. The van der Waals surface area contributed by atoms with Crippen LogP contribution in [0.2, 0.25) is 0 Å². The highest BCUT2D eigenvalue weighted by Gasteiger charge is 2.35. The van der Waals surface area contributed by atoms with Crippen molar-refractivity contribution in [3.63, 3.8) is 0 Å². The number of benzene rings is 3. The first-order valence-electron chi connectivity index (χ1n) is 13.7. The molecule has 0 saturated heterocycles. The van der Waals surface area contributed by atoms with E-state index < -0.39 is 12.0 Å². The van der Waals surface area contributed by atoms with Crippen molar-refractivity contribution >= 4 is 56.3 Å². The zero-order valence-corrected chi connectivity index (χ0v) is 26.6. The number of thiophene rings is 1. The van der Waals surface area contributed by atoms with Crippen LogP contribution in [0.1, 0.15) is 40.1 Å². The molecule has 3 aromatic carbocycles. The first-order valence-corrected chi connectivity index (χ1v) is 16.2. The van der Waals surface area contributed by atoms with Crippen LogP contribution in [0.5, 0.6) is 5.75 Å². The highest BCUT2D eigenvalue weighted by Crippen LogP contribution is 2.37. The van der Waals surface area contributed by atoms with E-state index in [2.05, 4.69) is 22.0 Å². The number of hydrogen-bond acceptors (Lipinski definition) is 8. The summed E-state index contributed by atoms with van der Waals surface area (Å²) in [7, 11) is 0. The number of halogens is 1. The second-order valence-electron chi connectivity index (χ2n) is 9.73. The molecule has 1 atom stereocenters. The van der Waals surface area contributed by atoms with Crippen molar-refractivity contribution in [2.75, 3.05) is 6.61 Å². The summed E-state index contributed by atoms with van der Waals surface area (Å²) in [6.45, 7) is 2.31. The van der Waals surface area contributed by atoms with Crippen molar-refractivity contribution in [2.45, 2.75) is 19.6 Å². The lowest BCUT2D eigenvalue weighted by molar-refractivity contribution is -0.138. The molecule has 0 unspecified atom stereocenters. The van der Waals surface area contributed by atoms with Gasteiger partial charge in [0, 0.05) is 10.4 Å². The number of rotatable bonds is 8. The molecule has 44 heavy (non-hydrogen) atoms. The number of nitriles is 1. The number of fused-ring (bicyclic) bond motifs is 1. The van der Waals surface area contributed by atoms with Gasteiger partial charge in [0.2, 0.25) is 0 Å². The van der Waals surface area contributed by atoms with E-state index in [1.165, 1.54) is 22.7 Å². The lowest BCUT2D eigenvalue weighted by Gasteiger charge is -2.24. The molecule has 3 heterocycles. The lowest BCUT2D eigenvalue weighted by Crippen LogP contribution is -2.39. The Labute approximate surface area is 269 Å². The number of thiazole rings is 1. The van der Waals surface area contributed by atoms with Crippen LogP contribution in [0.15, 0.2) is 110 Å². The Morgan fingerprint density at radius 2 is 1.89 bits per heavy atom. The standard InChI is InChI=1S/C34H24BrN3O4S2/c1-2-41-33(40)29-30(24-7-4-3-5-8-24)37-34-38(31(29)27-9-6-16-43-27)32(39)28(44-34)18-23-14-15-26(25(35)17-23)42-20-22-12-10-21(19-36)11-13-22/h3-18,31H,2,20H2,1H3/b28-18-/t31-/m1/s1. The van der Waals surface area contributed by atoms with Gasteiger partial charge in [0.25, 0.3) is 5.56 Å². The summed E-state index contributed by atoms with van der Waals surface area (Å²) in [4.78, 5) is 33.7. The molecule has 7 nitrogen and oxygen atoms in total. The van der Waals surface area contributed by atoms with Gasteiger partial charge in [-0.05, 0) is 75.8 Å². The predicted molar refractivity (Wildman–Crippen MR) is 175 cm³/mol. The third-order valence-electron chi connectivity index (χ3n) is 6.92. The number of hydrogen-bond donors (Lipinski definition) is 0. The van der Waals surface area contributed by atoms with Crippen molar-refractivity contribution in [2.24, 2.45) is 4.99 Å². The maximum atomic E-state index is 14.0. The van der Waals surface area contributed by atoms with Gasteiger partial charge < -0.3 is 9.47 Å². The van der Waals surface area contributed by atoms with Gasteiger partial charge in [-0.15, -0.1) is 11.3 Å². The number of esters is 1. The van der Waals surface area contributed by atoms with E-state index in [9.17, 15) is 9.59 Å². The zero-order chi connectivity index (χ0) is 30.6. The molecule has 2 aromatic heterocycles. The SMILES string of the molecule is CCOC(=O)C1=C(c2ccccc2)N=c2s/c(=C\c3ccc(OCc4ccc(C#N)cc4)c(Br)c3)c(=O)n2[C@@H]1c1cccs1. The molecule has 0 spiro atoms. The maximum absolute atomic E-state index is 14.0. The fourth-order valence-electron chi connectivity index (χ4n) is 4.87. The van der Waals surface area contributed by atoms with E-state index in [1.54, 1.807) is 23.6 Å². The van der Waals surface area contributed by atoms with E-state index in [-0.39, 0.29) is 12.2 Å². The Morgan fingerprint density at radius 1 is 1.09 bits per heavy atom. The monoisotopic (exact) mass is 681 g/mol. The molecule has 0 N–H and O–H groups in total. The van der Waals surface area contributed by atoms with Gasteiger partial charge in [-0.25, -0.2) is 9.79 Å². The van der Waals surface area contributed by atoms with Crippen molar-refractivity contribution in [1.82, 2.24) is 4.57 Å². The van der Waals surface area contributed by atoms with E-state index in [0.717, 1.165) is 26.0 Å². The molecule has 1 aliphatic heterocycles. The molecular formula is C34H24BrN3O4S2. The molecule has 0 aliphatic carbocycles. The average Bonchev–Trinajstić information content (AvgIpc) is 3.69. The zero-order valence-electron chi connectivity index (χ0n) is 23.4. The van der Waals surface area contributed by atoms with Crippen LogP contribution in [0, 0.1) is 11.3 Å². The fourth-order valence-corrected chi connectivity index (χ4v) is 7.20. The summed E-state index contributed by atoms with van der Waals surface area (Å²) in [6, 6.07) is 27.6. The molecule has 1 aliphatic rings. The van der Waals surface area contributed by atoms with Crippen LogP contribution in [-0.2, 0) is 16.1 Å². The summed E-state index contributed by atoms with van der Waals surface area (Å²) in [6.07, 6.45) is 1.82. The summed E-state index contributed by atoms with van der Waals surface area (Å²) in [5.41, 5.74) is 3.72. The van der Waals surface area contributed by atoms with Gasteiger partial charge in [-0.2, -0.15) is 5.26 Å². The van der Waals surface area contributed by atoms with Crippen LogP contribution >= 0.6 is 38.6 Å². The number of carbonyl (C=O) groups is 1. The van der Waals surface area contributed by atoms with Crippen LogP contribution in [0.3, 0.4) is 0 Å². The van der Waals surface area contributed by atoms with Crippen molar-refractivity contribution in [1.29, 1.82) is 5.26 Å². The highest BCUT2D eigenvalue weighted by molar-refractivity contribution is 9.10. The Kier molecular flexibility index (Phi) is 8.70. The van der Waals surface area contributed by atoms with E-state index in [1.807, 2.05) is 84.3 Å². The molecule has 6 rings (SSSR count). The molecule has 0 fully saturated rings. The third kappa shape index (κ3) is 5.95. The first kappa shape index (κ1) is 29.5. The Balaban J connectivity index is 1.40. The van der Waals surface area contributed by atoms with Gasteiger partial charge in [0.1, 0.15) is 18.4 Å². The van der Waals surface area contributed by atoms with Gasteiger partial charge >= 0.3 is 5.97 Å². The maximum Gasteiger partial charge on any atom is 0.338 e. The summed E-state index contributed by atoms with van der Waals surface area (Å²) in [5.74, 6) is 0.153. The lowest BCUT2D eigenvalue weighted by atomic mass is 9.97. The second-order valence-corrected chi connectivity index (χ2v) is 12.6. The van der Waals surface area contributed by atoms with Gasteiger partial charge in [0.15, 0.2) is 4.80 Å². The summed E-state index contributed by atoms with van der Waals surface area (Å²) in [5, 5.41) is 10.9. The second kappa shape index (κ2) is 13.0. The number of nitrogens with zero attached hydrogens (tertiary/aromatic N) is 3. The smallest absolute Gasteiger partial charge is 0.338 e. The molecule has 10 heteroatoms. The predicted octanol–water partition coefficient (Wildman–Crippen LogP) is 6.21.